The van der Waals surface area contributed by atoms with Gasteiger partial charge in [-0.1, -0.05) is 11.6 Å². The van der Waals surface area contributed by atoms with Gasteiger partial charge in [0.15, 0.2) is 5.78 Å². The van der Waals surface area contributed by atoms with Crippen molar-refractivity contribution in [1.29, 1.82) is 0 Å². The van der Waals surface area contributed by atoms with Crippen molar-refractivity contribution in [2.45, 2.75) is 31.9 Å². The Balaban J connectivity index is 2.61. The minimum Gasteiger partial charge on any atom is -0.469 e. The first-order valence-corrected chi connectivity index (χ1v) is 6.60. The van der Waals surface area contributed by atoms with Crippen molar-refractivity contribution in [3.8, 4) is 0 Å². The summed E-state index contributed by atoms with van der Waals surface area (Å²) in [5.41, 5.74) is -0.836. The molecule has 0 N–H and O–H groups in total. The zero-order chi connectivity index (χ0) is 16.0. The predicted octanol–water partition coefficient (Wildman–Crippen LogP) is 4.27. The second kappa shape index (κ2) is 7.45. The molecule has 3 nitrogen and oxygen atoms in total. The second-order valence-electron chi connectivity index (χ2n) is 4.40. The summed E-state index contributed by atoms with van der Waals surface area (Å²) in [4.78, 5) is 22.7. The van der Waals surface area contributed by atoms with E-state index in [0.29, 0.717) is 12.8 Å². The summed E-state index contributed by atoms with van der Waals surface area (Å²) >= 11 is 5.72. The van der Waals surface area contributed by atoms with Gasteiger partial charge in [0.1, 0.15) is 0 Å². The Morgan fingerprint density at radius 2 is 1.81 bits per heavy atom. The number of carbonyl (C=O) groups excluding carboxylic acids is 2. The molecule has 0 aliphatic carbocycles. The van der Waals surface area contributed by atoms with Crippen molar-refractivity contribution >= 4 is 23.4 Å². The summed E-state index contributed by atoms with van der Waals surface area (Å²) in [5.74, 6) is -0.714. The number of ketones is 1. The fourth-order valence-corrected chi connectivity index (χ4v) is 2.00. The maximum atomic E-state index is 12.5. The Morgan fingerprint density at radius 3 is 2.33 bits per heavy atom. The lowest BCUT2D eigenvalue weighted by molar-refractivity contribution is -0.140. The van der Waals surface area contributed by atoms with Gasteiger partial charge in [-0.2, -0.15) is 13.2 Å². The van der Waals surface area contributed by atoms with Gasteiger partial charge in [-0.3, -0.25) is 9.59 Å². The number of hydrogen-bond donors (Lipinski definition) is 0. The minimum atomic E-state index is -4.49. The largest absolute Gasteiger partial charge is 0.469 e. The van der Waals surface area contributed by atoms with Crippen LogP contribution in [0.15, 0.2) is 18.2 Å². The Kier molecular flexibility index (Phi) is 6.20. The van der Waals surface area contributed by atoms with E-state index in [1.165, 1.54) is 7.11 Å². The predicted molar refractivity (Wildman–Crippen MR) is 71.3 cm³/mol. The van der Waals surface area contributed by atoms with Gasteiger partial charge in [0, 0.05) is 18.4 Å². The summed E-state index contributed by atoms with van der Waals surface area (Å²) in [6.45, 7) is 0. The van der Waals surface area contributed by atoms with Crippen LogP contribution in [-0.2, 0) is 15.7 Å². The number of ether oxygens (including phenoxy) is 1. The Hall–Kier alpha value is -1.56. The third kappa shape index (κ3) is 5.38. The summed E-state index contributed by atoms with van der Waals surface area (Å²) in [6, 6.07) is 2.64. The molecular formula is C14H14ClF3O3. The molecule has 21 heavy (non-hydrogen) atoms. The molecule has 0 unspecified atom stereocenters. The number of Topliss-reactive ketones (excluding diaryl/α,β-unsaturated/α-hetero) is 1. The van der Waals surface area contributed by atoms with Crippen LogP contribution in [0.25, 0.3) is 0 Å². The van der Waals surface area contributed by atoms with E-state index in [1.54, 1.807) is 0 Å². The number of alkyl halides is 3. The molecule has 0 heterocycles. The van der Waals surface area contributed by atoms with Gasteiger partial charge in [0.25, 0.3) is 0 Å². The van der Waals surface area contributed by atoms with Gasteiger partial charge in [0.2, 0.25) is 0 Å². The molecule has 0 aliphatic rings. The van der Waals surface area contributed by atoms with E-state index in [-0.39, 0.29) is 35.2 Å². The van der Waals surface area contributed by atoms with E-state index in [9.17, 15) is 22.8 Å². The number of hydrogen-bond acceptors (Lipinski definition) is 3. The highest BCUT2D eigenvalue weighted by Crippen LogP contribution is 2.32. The maximum Gasteiger partial charge on any atom is 0.416 e. The van der Waals surface area contributed by atoms with Crippen molar-refractivity contribution < 1.29 is 27.5 Å². The molecule has 1 rings (SSSR count). The zero-order valence-corrected chi connectivity index (χ0v) is 12.1. The molecule has 0 amide bonds. The first-order chi connectivity index (χ1) is 9.75. The molecule has 0 atom stereocenters. The molecule has 0 fully saturated rings. The Labute approximate surface area is 125 Å². The molecule has 0 saturated carbocycles. The first kappa shape index (κ1) is 17.5. The van der Waals surface area contributed by atoms with Crippen molar-refractivity contribution in [2.24, 2.45) is 0 Å². The molecular weight excluding hydrogens is 309 g/mol. The monoisotopic (exact) mass is 322 g/mol. The van der Waals surface area contributed by atoms with E-state index in [0.717, 1.165) is 18.2 Å². The number of unbranched alkanes of at least 4 members (excludes halogenated alkanes) is 1. The van der Waals surface area contributed by atoms with Crippen molar-refractivity contribution in [3.63, 3.8) is 0 Å². The Morgan fingerprint density at radius 1 is 1.19 bits per heavy atom. The van der Waals surface area contributed by atoms with Gasteiger partial charge in [-0.25, -0.2) is 0 Å². The number of carbonyl (C=O) groups is 2. The SMILES string of the molecule is COC(=O)CCCCC(=O)c1ccc(C(F)(F)F)cc1Cl. The minimum absolute atomic E-state index is 0.0581. The molecule has 1 aromatic rings. The van der Waals surface area contributed by atoms with Crippen molar-refractivity contribution in [1.82, 2.24) is 0 Å². The lowest BCUT2D eigenvalue weighted by atomic mass is 10.0. The lowest BCUT2D eigenvalue weighted by Gasteiger charge is -2.09. The molecule has 1 aromatic carbocycles. The van der Waals surface area contributed by atoms with Gasteiger partial charge < -0.3 is 4.74 Å². The van der Waals surface area contributed by atoms with Gasteiger partial charge >= 0.3 is 12.1 Å². The molecule has 0 saturated heterocycles. The molecule has 0 aromatic heterocycles. The summed E-state index contributed by atoms with van der Waals surface area (Å²) in [5, 5.41) is -0.220. The van der Waals surface area contributed by atoms with Crippen LogP contribution in [-0.4, -0.2) is 18.9 Å². The van der Waals surface area contributed by atoms with Crippen LogP contribution in [0, 0.1) is 0 Å². The van der Waals surface area contributed by atoms with Crippen LogP contribution in [0.2, 0.25) is 5.02 Å². The highest BCUT2D eigenvalue weighted by Gasteiger charge is 2.31. The van der Waals surface area contributed by atoms with E-state index in [1.807, 2.05) is 0 Å². The van der Waals surface area contributed by atoms with Crippen LogP contribution in [0.4, 0.5) is 13.2 Å². The van der Waals surface area contributed by atoms with Gasteiger partial charge in [0.05, 0.1) is 17.7 Å². The lowest BCUT2D eigenvalue weighted by Crippen LogP contribution is -2.07. The summed E-state index contributed by atoms with van der Waals surface area (Å²) in [7, 11) is 1.27. The molecule has 0 spiro atoms. The van der Waals surface area contributed by atoms with Crippen LogP contribution in [0.3, 0.4) is 0 Å². The topological polar surface area (TPSA) is 43.4 Å². The molecule has 0 bridgehead atoms. The smallest absolute Gasteiger partial charge is 0.416 e. The normalized spacial score (nSPS) is 11.3. The van der Waals surface area contributed by atoms with E-state index >= 15 is 0 Å². The highest BCUT2D eigenvalue weighted by molar-refractivity contribution is 6.34. The van der Waals surface area contributed by atoms with Crippen molar-refractivity contribution in [3.05, 3.63) is 34.3 Å². The van der Waals surface area contributed by atoms with Crippen molar-refractivity contribution in [2.75, 3.05) is 7.11 Å². The van der Waals surface area contributed by atoms with Gasteiger partial charge in [-0.05, 0) is 31.0 Å². The quantitative estimate of drug-likeness (QED) is 0.446. The van der Waals surface area contributed by atoms with E-state index in [2.05, 4.69) is 4.74 Å². The second-order valence-corrected chi connectivity index (χ2v) is 4.81. The highest BCUT2D eigenvalue weighted by atomic mass is 35.5. The van der Waals surface area contributed by atoms with Gasteiger partial charge in [-0.15, -0.1) is 0 Å². The number of rotatable bonds is 6. The molecule has 116 valence electrons. The van der Waals surface area contributed by atoms with E-state index < -0.39 is 11.7 Å². The molecule has 0 aliphatic heterocycles. The molecule has 7 heteroatoms. The zero-order valence-electron chi connectivity index (χ0n) is 11.3. The third-order valence-corrected chi connectivity index (χ3v) is 3.17. The number of methoxy groups -OCH3 is 1. The number of benzene rings is 1. The number of esters is 1. The molecule has 0 radical (unpaired) electrons. The fraction of sp³-hybridized carbons (Fsp3) is 0.429. The third-order valence-electron chi connectivity index (χ3n) is 2.86. The average molecular weight is 323 g/mol. The Bertz CT molecular complexity index is 527. The van der Waals surface area contributed by atoms with Crippen LogP contribution in [0.1, 0.15) is 41.6 Å². The van der Waals surface area contributed by atoms with Crippen LogP contribution >= 0.6 is 11.6 Å². The summed E-state index contributed by atoms with van der Waals surface area (Å²) in [6.07, 6.45) is -3.28. The maximum absolute atomic E-state index is 12.5. The van der Waals surface area contributed by atoms with E-state index in [4.69, 9.17) is 11.6 Å². The standard InChI is InChI=1S/C14H14ClF3O3/c1-21-13(20)5-3-2-4-12(19)10-7-6-9(8-11(10)15)14(16,17)18/h6-8H,2-5H2,1H3. The average Bonchev–Trinajstić information content (AvgIpc) is 2.41. The fourth-order valence-electron chi connectivity index (χ4n) is 1.71. The van der Waals surface area contributed by atoms with Crippen LogP contribution < -0.4 is 0 Å². The van der Waals surface area contributed by atoms with Crippen LogP contribution in [0.5, 0.6) is 0 Å². The summed E-state index contributed by atoms with van der Waals surface area (Å²) < 4.78 is 41.9. The number of halogens is 4. The first-order valence-electron chi connectivity index (χ1n) is 6.22.